The van der Waals surface area contributed by atoms with Crippen LogP contribution in [0.2, 0.25) is 0 Å². The number of methoxy groups -OCH3 is 1. The zero-order valence-corrected chi connectivity index (χ0v) is 9.54. The molecule has 72 valence electrons. The maximum atomic E-state index is 5.02. The van der Waals surface area contributed by atoms with Gasteiger partial charge >= 0.3 is 0 Å². The summed E-state index contributed by atoms with van der Waals surface area (Å²) in [6.45, 7) is 1.58. The summed E-state index contributed by atoms with van der Waals surface area (Å²) in [7, 11) is 3.74. The third kappa shape index (κ3) is 3.89. The molecule has 0 spiro atoms. The first-order valence-electron chi connectivity index (χ1n) is 4.14. The lowest BCUT2D eigenvalue weighted by Gasteiger charge is -2.14. The van der Waals surface area contributed by atoms with Crippen LogP contribution in [-0.4, -0.2) is 25.8 Å². The van der Waals surface area contributed by atoms with E-state index in [1.165, 1.54) is 5.56 Å². The van der Waals surface area contributed by atoms with Gasteiger partial charge in [-0.2, -0.15) is 0 Å². The predicted molar refractivity (Wildman–Crippen MR) is 57.5 cm³/mol. The number of benzene rings is 1. The van der Waals surface area contributed by atoms with Gasteiger partial charge in [-0.05, 0) is 24.7 Å². The Morgan fingerprint density at radius 1 is 1.31 bits per heavy atom. The SMILES string of the molecule is COCN(C)Cc1ccc(Br)cc1. The monoisotopic (exact) mass is 243 g/mol. The maximum absolute atomic E-state index is 5.02. The summed E-state index contributed by atoms with van der Waals surface area (Å²) in [6, 6.07) is 8.32. The Labute approximate surface area is 87.6 Å². The molecule has 0 saturated carbocycles. The van der Waals surface area contributed by atoms with Crippen LogP contribution in [0.1, 0.15) is 5.56 Å². The summed E-state index contributed by atoms with van der Waals surface area (Å²) in [5, 5.41) is 0. The fourth-order valence-corrected chi connectivity index (χ4v) is 1.43. The van der Waals surface area contributed by atoms with Crippen molar-refractivity contribution in [2.75, 3.05) is 20.9 Å². The Hall–Kier alpha value is -0.380. The molecule has 0 fully saturated rings. The third-order valence-electron chi connectivity index (χ3n) is 1.72. The molecular weight excluding hydrogens is 230 g/mol. The molecule has 0 bridgehead atoms. The summed E-state index contributed by atoms with van der Waals surface area (Å²) in [5.41, 5.74) is 1.29. The number of halogens is 1. The standard InChI is InChI=1S/C10H14BrNO/c1-12(8-13-2)7-9-3-5-10(11)6-4-9/h3-6H,7-8H2,1-2H3. The van der Waals surface area contributed by atoms with Crippen molar-refractivity contribution in [1.82, 2.24) is 4.90 Å². The topological polar surface area (TPSA) is 12.5 Å². The van der Waals surface area contributed by atoms with Gasteiger partial charge in [0, 0.05) is 18.1 Å². The second-order valence-electron chi connectivity index (χ2n) is 3.06. The van der Waals surface area contributed by atoms with E-state index in [-0.39, 0.29) is 0 Å². The van der Waals surface area contributed by atoms with E-state index in [0.717, 1.165) is 11.0 Å². The number of rotatable bonds is 4. The van der Waals surface area contributed by atoms with Gasteiger partial charge in [0.1, 0.15) is 0 Å². The lowest BCUT2D eigenvalue weighted by molar-refractivity contribution is 0.0771. The van der Waals surface area contributed by atoms with E-state index in [1.54, 1.807) is 7.11 Å². The molecule has 0 heterocycles. The largest absolute Gasteiger partial charge is 0.369 e. The second-order valence-corrected chi connectivity index (χ2v) is 3.97. The van der Waals surface area contributed by atoms with Gasteiger partial charge in [-0.15, -0.1) is 0 Å². The van der Waals surface area contributed by atoms with Crippen LogP contribution < -0.4 is 0 Å². The minimum Gasteiger partial charge on any atom is -0.369 e. The van der Waals surface area contributed by atoms with E-state index in [1.807, 2.05) is 7.05 Å². The lowest BCUT2D eigenvalue weighted by atomic mass is 10.2. The van der Waals surface area contributed by atoms with Crippen LogP contribution >= 0.6 is 15.9 Å². The molecule has 1 aromatic carbocycles. The fraction of sp³-hybridized carbons (Fsp3) is 0.400. The minimum absolute atomic E-state index is 0.663. The quantitative estimate of drug-likeness (QED) is 0.754. The highest BCUT2D eigenvalue weighted by Crippen LogP contribution is 2.11. The molecule has 13 heavy (non-hydrogen) atoms. The van der Waals surface area contributed by atoms with Crippen molar-refractivity contribution in [2.45, 2.75) is 6.54 Å². The Balaban J connectivity index is 2.49. The Morgan fingerprint density at radius 2 is 1.92 bits per heavy atom. The van der Waals surface area contributed by atoms with Crippen molar-refractivity contribution in [3.63, 3.8) is 0 Å². The molecular formula is C10H14BrNO. The third-order valence-corrected chi connectivity index (χ3v) is 2.24. The van der Waals surface area contributed by atoms with Gasteiger partial charge in [-0.1, -0.05) is 28.1 Å². The Bertz CT molecular complexity index is 248. The van der Waals surface area contributed by atoms with E-state index in [0.29, 0.717) is 6.73 Å². The van der Waals surface area contributed by atoms with Crippen LogP contribution in [-0.2, 0) is 11.3 Å². The molecule has 3 heteroatoms. The molecule has 0 N–H and O–H groups in total. The highest BCUT2D eigenvalue weighted by Gasteiger charge is 1.98. The van der Waals surface area contributed by atoms with E-state index in [9.17, 15) is 0 Å². The van der Waals surface area contributed by atoms with Gasteiger partial charge in [0.2, 0.25) is 0 Å². The van der Waals surface area contributed by atoms with Crippen LogP contribution in [0.3, 0.4) is 0 Å². The van der Waals surface area contributed by atoms with Gasteiger partial charge in [0.15, 0.2) is 0 Å². The number of ether oxygens (including phenoxy) is 1. The lowest BCUT2D eigenvalue weighted by Crippen LogP contribution is -2.19. The van der Waals surface area contributed by atoms with Gasteiger partial charge in [0.05, 0.1) is 6.73 Å². The first kappa shape index (κ1) is 10.7. The van der Waals surface area contributed by atoms with Crippen molar-refractivity contribution < 1.29 is 4.74 Å². The van der Waals surface area contributed by atoms with Gasteiger partial charge < -0.3 is 4.74 Å². The summed E-state index contributed by atoms with van der Waals surface area (Å²) in [6.07, 6.45) is 0. The minimum atomic E-state index is 0.663. The van der Waals surface area contributed by atoms with E-state index in [4.69, 9.17) is 4.74 Å². The number of nitrogens with zero attached hydrogens (tertiary/aromatic N) is 1. The molecule has 0 radical (unpaired) electrons. The normalized spacial score (nSPS) is 10.8. The summed E-state index contributed by atoms with van der Waals surface area (Å²) in [5.74, 6) is 0. The first-order valence-corrected chi connectivity index (χ1v) is 4.93. The van der Waals surface area contributed by atoms with Crippen molar-refractivity contribution in [3.05, 3.63) is 34.3 Å². The van der Waals surface area contributed by atoms with Crippen LogP contribution in [0.15, 0.2) is 28.7 Å². The van der Waals surface area contributed by atoms with Crippen molar-refractivity contribution in [3.8, 4) is 0 Å². The molecule has 1 rings (SSSR count). The predicted octanol–water partition coefficient (Wildman–Crippen LogP) is 2.48. The van der Waals surface area contributed by atoms with E-state index in [2.05, 4.69) is 45.1 Å². The summed E-state index contributed by atoms with van der Waals surface area (Å²) >= 11 is 3.40. The molecule has 0 aliphatic rings. The molecule has 0 aliphatic carbocycles. The molecule has 0 unspecified atom stereocenters. The second kappa shape index (κ2) is 5.37. The van der Waals surface area contributed by atoms with Crippen molar-refractivity contribution >= 4 is 15.9 Å². The summed E-state index contributed by atoms with van der Waals surface area (Å²) < 4.78 is 6.13. The van der Waals surface area contributed by atoms with Crippen LogP contribution in [0, 0.1) is 0 Å². The van der Waals surface area contributed by atoms with E-state index >= 15 is 0 Å². The zero-order valence-electron chi connectivity index (χ0n) is 7.96. The highest BCUT2D eigenvalue weighted by atomic mass is 79.9. The van der Waals surface area contributed by atoms with Gasteiger partial charge in [-0.25, -0.2) is 0 Å². The average molecular weight is 244 g/mol. The fourth-order valence-electron chi connectivity index (χ4n) is 1.17. The molecule has 0 aromatic heterocycles. The van der Waals surface area contributed by atoms with E-state index < -0.39 is 0 Å². The van der Waals surface area contributed by atoms with Gasteiger partial charge in [-0.3, -0.25) is 4.90 Å². The smallest absolute Gasteiger partial charge is 0.0986 e. The van der Waals surface area contributed by atoms with Gasteiger partial charge in [0.25, 0.3) is 0 Å². The zero-order chi connectivity index (χ0) is 9.68. The molecule has 0 aliphatic heterocycles. The highest BCUT2D eigenvalue weighted by molar-refractivity contribution is 9.10. The number of hydrogen-bond donors (Lipinski definition) is 0. The van der Waals surface area contributed by atoms with Crippen molar-refractivity contribution in [2.24, 2.45) is 0 Å². The molecule has 0 amide bonds. The maximum Gasteiger partial charge on any atom is 0.0986 e. The van der Waals surface area contributed by atoms with Crippen LogP contribution in [0.5, 0.6) is 0 Å². The van der Waals surface area contributed by atoms with Crippen LogP contribution in [0.4, 0.5) is 0 Å². The average Bonchev–Trinajstić information content (AvgIpc) is 2.09. The van der Waals surface area contributed by atoms with Crippen molar-refractivity contribution in [1.29, 1.82) is 0 Å². The first-order chi connectivity index (χ1) is 6.22. The van der Waals surface area contributed by atoms with Crippen LogP contribution in [0.25, 0.3) is 0 Å². The molecule has 2 nitrogen and oxygen atoms in total. The molecule has 0 atom stereocenters. The number of hydrogen-bond acceptors (Lipinski definition) is 2. The molecule has 1 aromatic rings. The molecule has 0 saturated heterocycles. The summed E-state index contributed by atoms with van der Waals surface area (Å²) in [4.78, 5) is 2.11. The Kier molecular flexibility index (Phi) is 4.42. The Morgan fingerprint density at radius 3 is 2.46 bits per heavy atom.